The van der Waals surface area contributed by atoms with E-state index in [1.807, 2.05) is 0 Å². The van der Waals surface area contributed by atoms with E-state index in [0.29, 0.717) is 20.2 Å². The van der Waals surface area contributed by atoms with Crippen LogP contribution in [0.15, 0.2) is 50.2 Å². The molecule has 0 aliphatic rings. The van der Waals surface area contributed by atoms with Gasteiger partial charge in [-0.1, -0.05) is 12.1 Å². The zero-order valence-corrected chi connectivity index (χ0v) is 14.6. The van der Waals surface area contributed by atoms with E-state index in [0.717, 1.165) is 6.07 Å². The number of benzene rings is 2. The Bertz CT molecular complexity index is 761. The molecule has 3 N–H and O–H groups in total. The first kappa shape index (κ1) is 16.4. The van der Waals surface area contributed by atoms with Gasteiger partial charge in [0.2, 0.25) is 0 Å². The highest BCUT2D eigenvalue weighted by Gasteiger charge is 2.21. The van der Waals surface area contributed by atoms with Crippen molar-refractivity contribution < 1.29 is 12.8 Å². The lowest BCUT2D eigenvalue weighted by Gasteiger charge is -2.12. The maximum Gasteiger partial charge on any atom is 0.264 e. The number of hydrogen-bond acceptors (Lipinski definition) is 3. The molecule has 0 heterocycles. The highest BCUT2D eigenvalue weighted by atomic mass is 79.9. The molecule has 0 fully saturated rings. The number of rotatable bonds is 4. The highest BCUT2D eigenvalue weighted by molar-refractivity contribution is 9.11. The first-order valence-corrected chi connectivity index (χ1v) is 8.87. The van der Waals surface area contributed by atoms with Crippen LogP contribution in [0.25, 0.3) is 0 Å². The van der Waals surface area contributed by atoms with Gasteiger partial charge in [0.15, 0.2) is 0 Å². The van der Waals surface area contributed by atoms with E-state index in [-0.39, 0.29) is 6.54 Å². The van der Waals surface area contributed by atoms with Gasteiger partial charge in [0.1, 0.15) is 10.7 Å². The molecule has 2 aromatic rings. The van der Waals surface area contributed by atoms with Crippen molar-refractivity contribution in [2.75, 3.05) is 4.72 Å². The van der Waals surface area contributed by atoms with E-state index in [1.165, 1.54) is 12.1 Å². The van der Waals surface area contributed by atoms with Crippen molar-refractivity contribution >= 4 is 47.6 Å². The van der Waals surface area contributed by atoms with E-state index < -0.39 is 20.7 Å². The van der Waals surface area contributed by atoms with Crippen LogP contribution in [-0.2, 0) is 16.6 Å². The van der Waals surface area contributed by atoms with Crippen LogP contribution in [0.3, 0.4) is 0 Å². The van der Waals surface area contributed by atoms with Gasteiger partial charge in [-0.25, -0.2) is 12.8 Å². The molecule has 0 aliphatic carbocycles. The summed E-state index contributed by atoms with van der Waals surface area (Å²) in [5.74, 6) is -0.839. The van der Waals surface area contributed by atoms with Crippen LogP contribution in [-0.4, -0.2) is 8.42 Å². The lowest BCUT2D eigenvalue weighted by atomic mass is 10.2. The second-order valence-electron chi connectivity index (χ2n) is 4.17. The van der Waals surface area contributed by atoms with E-state index >= 15 is 0 Å². The number of halogens is 3. The molecule has 0 amide bonds. The second kappa shape index (κ2) is 6.43. The van der Waals surface area contributed by atoms with Gasteiger partial charge in [-0.2, -0.15) is 0 Å². The molecule has 0 atom stereocenters. The molecule has 0 saturated carbocycles. The summed E-state index contributed by atoms with van der Waals surface area (Å²) in [6, 6.07) is 8.89. The van der Waals surface area contributed by atoms with Crippen molar-refractivity contribution in [1.29, 1.82) is 0 Å². The average molecular weight is 438 g/mol. The molecule has 2 aromatic carbocycles. The van der Waals surface area contributed by atoms with Crippen molar-refractivity contribution in [3.8, 4) is 0 Å². The SMILES string of the molecule is NCc1ccc(S(=O)(=O)Nc2c(Br)cccc2Br)c(F)c1. The van der Waals surface area contributed by atoms with Crippen LogP contribution >= 0.6 is 31.9 Å². The van der Waals surface area contributed by atoms with Crippen LogP contribution in [0.4, 0.5) is 10.1 Å². The van der Waals surface area contributed by atoms with Gasteiger partial charge < -0.3 is 5.73 Å². The fourth-order valence-electron chi connectivity index (χ4n) is 1.67. The van der Waals surface area contributed by atoms with Gasteiger partial charge in [0.25, 0.3) is 10.0 Å². The smallest absolute Gasteiger partial charge is 0.264 e. The van der Waals surface area contributed by atoms with Crippen LogP contribution < -0.4 is 10.5 Å². The molecule has 0 radical (unpaired) electrons. The first-order chi connectivity index (χ1) is 9.85. The molecule has 0 aliphatic heterocycles. The predicted octanol–water partition coefficient (Wildman–Crippen LogP) is 3.61. The minimum absolute atomic E-state index is 0.139. The van der Waals surface area contributed by atoms with Gasteiger partial charge in [0, 0.05) is 15.5 Å². The summed E-state index contributed by atoms with van der Waals surface area (Å²) in [7, 11) is -4.04. The zero-order chi connectivity index (χ0) is 15.6. The van der Waals surface area contributed by atoms with E-state index in [4.69, 9.17) is 5.73 Å². The number of anilines is 1. The van der Waals surface area contributed by atoms with Gasteiger partial charge in [-0.15, -0.1) is 0 Å². The molecule has 4 nitrogen and oxygen atoms in total. The maximum atomic E-state index is 13.9. The summed E-state index contributed by atoms with van der Waals surface area (Å²) in [5, 5.41) is 0. The van der Waals surface area contributed by atoms with Gasteiger partial charge in [-0.3, -0.25) is 4.72 Å². The number of hydrogen-bond donors (Lipinski definition) is 2. The van der Waals surface area contributed by atoms with Crippen LogP contribution in [0.2, 0.25) is 0 Å². The Balaban J connectivity index is 2.44. The average Bonchev–Trinajstić information content (AvgIpc) is 2.42. The van der Waals surface area contributed by atoms with Crippen molar-refractivity contribution in [3.05, 3.63) is 56.7 Å². The fourth-order valence-corrected chi connectivity index (χ4v) is 4.29. The fraction of sp³-hybridized carbons (Fsp3) is 0.0769. The summed E-state index contributed by atoms with van der Waals surface area (Å²) in [6.45, 7) is 0.139. The van der Waals surface area contributed by atoms with Crippen LogP contribution in [0.1, 0.15) is 5.56 Å². The largest absolute Gasteiger partial charge is 0.326 e. The van der Waals surface area contributed by atoms with E-state index in [1.54, 1.807) is 18.2 Å². The summed E-state index contributed by atoms with van der Waals surface area (Å²) in [5.41, 5.74) is 6.22. The molecular formula is C13H11Br2FN2O2S. The van der Waals surface area contributed by atoms with Crippen molar-refractivity contribution in [3.63, 3.8) is 0 Å². The Morgan fingerprint density at radius 3 is 2.29 bits per heavy atom. The van der Waals surface area contributed by atoms with Crippen LogP contribution in [0.5, 0.6) is 0 Å². The molecule has 0 bridgehead atoms. The van der Waals surface area contributed by atoms with Crippen molar-refractivity contribution in [2.45, 2.75) is 11.4 Å². The van der Waals surface area contributed by atoms with Crippen molar-refractivity contribution in [2.24, 2.45) is 5.73 Å². The molecule has 0 spiro atoms. The van der Waals surface area contributed by atoms with Gasteiger partial charge >= 0.3 is 0 Å². The molecule has 21 heavy (non-hydrogen) atoms. The second-order valence-corrected chi connectivity index (χ2v) is 7.53. The molecular weight excluding hydrogens is 427 g/mol. The molecule has 0 aromatic heterocycles. The monoisotopic (exact) mass is 436 g/mol. The summed E-state index contributed by atoms with van der Waals surface area (Å²) in [6.07, 6.45) is 0. The first-order valence-electron chi connectivity index (χ1n) is 5.80. The summed E-state index contributed by atoms with van der Waals surface area (Å²) < 4.78 is 42.0. The van der Waals surface area contributed by atoms with Crippen LogP contribution in [0, 0.1) is 5.82 Å². The number of para-hydroxylation sites is 1. The lowest BCUT2D eigenvalue weighted by molar-refractivity contribution is 0.569. The Labute approximate surface area is 138 Å². The third-order valence-corrected chi connectivity index (χ3v) is 5.43. The molecule has 112 valence electrons. The quantitative estimate of drug-likeness (QED) is 0.767. The maximum absolute atomic E-state index is 13.9. The topological polar surface area (TPSA) is 72.2 Å². The summed E-state index contributed by atoms with van der Waals surface area (Å²) in [4.78, 5) is -0.428. The highest BCUT2D eigenvalue weighted by Crippen LogP contribution is 2.32. The molecule has 2 rings (SSSR count). The Morgan fingerprint density at radius 1 is 1.14 bits per heavy atom. The van der Waals surface area contributed by atoms with E-state index in [2.05, 4.69) is 36.6 Å². The van der Waals surface area contributed by atoms with Gasteiger partial charge in [0.05, 0.1) is 5.69 Å². The number of nitrogens with two attached hydrogens (primary N) is 1. The summed E-state index contributed by atoms with van der Waals surface area (Å²) >= 11 is 6.49. The minimum atomic E-state index is -4.04. The standard InChI is InChI=1S/C13H11Br2FN2O2S/c14-9-2-1-3-10(15)13(9)18-21(19,20)12-5-4-8(7-17)6-11(12)16/h1-6,18H,7,17H2. The third kappa shape index (κ3) is 3.63. The molecule has 8 heteroatoms. The van der Waals surface area contributed by atoms with Gasteiger partial charge in [-0.05, 0) is 61.7 Å². The zero-order valence-electron chi connectivity index (χ0n) is 10.6. The predicted molar refractivity (Wildman–Crippen MR) is 86.9 cm³/mol. The number of nitrogens with one attached hydrogen (secondary N) is 1. The van der Waals surface area contributed by atoms with Crippen molar-refractivity contribution in [1.82, 2.24) is 0 Å². The third-order valence-electron chi connectivity index (χ3n) is 2.72. The molecule has 0 saturated heterocycles. The normalized spacial score (nSPS) is 11.4. The number of sulfonamides is 1. The lowest BCUT2D eigenvalue weighted by Crippen LogP contribution is -2.15. The van der Waals surface area contributed by atoms with E-state index in [9.17, 15) is 12.8 Å². The minimum Gasteiger partial charge on any atom is -0.326 e. The molecule has 0 unspecified atom stereocenters. The Morgan fingerprint density at radius 2 is 1.76 bits per heavy atom. The Kier molecular flexibility index (Phi) is 5.03. The Hall–Kier alpha value is -0.960.